The van der Waals surface area contributed by atoms with Crippen molar-refractivity contribution in [3.63, 3.8) is 0 Å². The molecule has 0 saturated carbocycles. The maximum absolute atomic E-state index is 5.89. The molecule has 19 heavy (non-hydrogen) atoms. The first kappa shape index (κ1) is 12.7. The van der Waals surface area contributed by atoms with Crippen LogP contribution in [0.4, 0.5) is 5.69 Å². The molecule has 3 nitrogen and oxygen atoms in total. The lowest BCUT2D eigenvalue weighted by Crippen LogP contribution is -1.94. The number of nitrogens with two attached hydrogens (primary N) is 1. The second-order valence-corrected chi connectivity index (χ2v) is 6.23. The summed E-state index contributed by atoms with van der Waals surface area (Å²) in [5.74, 6) is 0.904. The Bertz CT molecular complexity index is 757. The lowest BCUT2D eigenvalue weighted by molar-refractivity contribution is 0.959. The third-order valence-corrected chi connectivity index (χ3v) is 3.97. The van der Waals surface area contributed by atoms with Crippen molar-refractivity contribution >= 4 is 48.6 Å². The molecule has 0 amide bonds. The van der Waals surface area contributed by atoms with Crippen molar-refractivity contribution < 1.29 is 0 Å². The molecule has 0 unspecified atom stereocenters. The number of anilines is 1. The van der Waals surface area contributed by atoms with Gasteiger partial charge >= 0.3 is 0 Å². The summed E-state index contributed by atoms with van der Waals surface area (Å²) in [4.78, 5) is 4.68. The molecular weight excluding hydrogens is 370 g/mol. The van der Waals surface area contributed by atoms with E-state index in [0.29, 0.717) is 0 Å². The van der Waals surface area contributed by atoms with Crippen molar-refractivity contribution in [2.24, 2.45) is 7.05 Å². The Balaban J connectivity index is 2.27. The zero-order chi connectivity index (χ0) is 13.6. The lowest BCUT2D eigenvalue weighted by atomic mass is 10.2. The van der Waals surface area contributed by atoms with E-state index in [2.05, 4.69) is 47.5 Å². The molecule has 96 valence electrons. The molecular formula is C14H11Br2N3. The first-order valence-corrected chi connectivity index (χ1v) is 7.31. The topological polar surface area (TPSA) is 43.8 Å². The van der Waals surface area contributed by atoms with Gasteiger partial charge in [0.1, 0.15) is 5.82 Å². The highest BCUT2D eigenvalue weighted by molar-refractivity contribution is 9.10. The van der Waals surface area contributed by atoms with Gasteiger partial charge in [0.05, 0.1) is 11.0 Å². The summed E-state index contributed by atoms with van der Waals surface area (Å²) >= 11 is 6.93. The fourth-order valence-corrected chi connectivity index (χ4v) is 3.03. The zero-order valence-electron chi connectivity index (χ0n) is 10.2. The summed E-state index contributed by atoms with van der Waals surface area (Å²) in [6, 6.07) is 11.9. The van der Waals surface area contributed by atoms with E-state index in [1.165, 1.54) is 0 Å². The van der Waals surface area contributed by atoms with Crippen molar-refractivity contribution in [2.75, 3.05) is 5.73 Å². The highest BCUT2D eigenvalue weighted by Gasteiger charge is 2.11. The van der Waals surface area contributed by atoms with Crippen LogP contribution >= 0.6 is 31.9 Å². The molecule has 3 rings (SSSR count). The smallest absolute Gasteiger partial charge is 0.140 e. The quantitative estimate of drug-likeness (QED) is 0.638. The van der Waals surface area contributed by atoms with E-state index in [9.17, 15) is 0 Å². The van der Waals surface area contributed by atoms with Crippen molar-refractivity contribution in [3.05, 3.63) is 45.3 Å². The molecule has 3 aromatic rings. The van der Waals surface area contributed by atoms with Gasteiger partial charge in [-0.25, -0.2) is 4.98 Å². The summed E-state index contributed by atoms with van der Waals surface area (Å²) in [7, 11) is 2.01. The average molecular weight is 381 g/mol. The maximum atomic E-state index is 5.89. The Kier molecular flexibility index (Phi) is 3.11. The van der Waals surface area contributed by atoms with Crippen molar-refractivity contribution in [1.82, 2.24) is 9.55 Å². The Hall–Kier alpha value is -1.33. The number of benzene rings is 2. The van der Waals surface area contributed by atoms with Gasteiger partial charge in [-0.1, -0.05) is 31.9 Å². The average Bonchev–Trinajstić information content (AvgIpc) is 2.65. The van der Waals surface area contributed by atoms with Gasteiger partial charge in [0.25, 0.3) is 0 Å². The molecule has 5 heteroatoms. The van der Waals surface area contributed by atoms with Crippen LogP contribution in [0.15, 0.2) is 45.3 Å². The lowest BCUT2D eigenvalue weighted by Gasteiger charge is -2.04. The highest BCUT2D eigenvalue weighted by Crippen LogP contribution is 2.29. The largest absolute Gasteiger partial charge is 0.399 e. The maximum Gasteiger partial charge on any atom is 0.140 e. The minimum atomic E-state index is 0.720. The van der Waals surface area contributed by atoms with E-state index in [1.807, 2.05) is 37.4 Å². The van der Waals surface area contributed by atoms with Gasteiger partial charge in [-0.15, -0.1) is 0 Å². The Morgan fingerprint density at radius 3 is 2.58 bits per heavy atom. The Morgan fingerprint density at radius 1 is 1.05 bits per heavy atom. The molecule has 0 atom stereocenters. The molecule has 1 heterocycles. The minimum Gasteiger partial charge on any atom is -0.399 e. The zero-order valence-corrected chi connectivity index (χ0v) is 13.4. The summed E-state index contributed by atoms with van der Waals surface area (Å²) in [5.41, 5.74) is 9.67. The van der Waals surface area contributed by atoms with Gasteiger partial charge in [0.2, 0.25) is 0 Å². The number of aryl methyl sites for hydroxylation is 1. The first-order valence-electron chi connectivity index (χ1n) is 5.73. The number of halogens is 2. The summed E-state index contributed by atoms with van der Waals surface area (Å²) in [6.45, 7) is 0. The van der Waals surface area contributed by atoms with Crippen LogP contribution in [-0.4, -0.2) is 9.55 Å². The number of aromatic nitrogens is 2. The Labute approximate surface area is 127 Å². The van der Waals surface area contributed by atoms with E-state index in [0.717, 1.165) is 37.1 Å². The number of imidazole rings is 1. The predicted molar refractivity (Wildman–Crippen MR) is 86.0 cm³/mol. The monoisotopic (exact) mass is 379 g/mol. The van der Waals surface area contributed by atoms with Gasteiger partial charge in [0, 0.05) is 27.2 Å². The molecule has 0 bridgehead atoms. The molecule has 0 aliphatic rings. The van der Waals surface area contributed by atoms with Gasteiger partial charge in [-0.3, -0.25) is 0 Å². The van der Waals surface area contributed by atoms with E-state index in [4.69, 9.17) is 5.73 Å². The van der Waals surface area contributed by atoms with Crippen molar-refractivity contribution in [2.45, 2.75) is 0 Å². The standard InChI is InChI=1S/C14H11Br2N3/c1-19-13-3-2-9(15)7-12(13)18-14(19)8-4-10(16)6-11(17)5-8/h2-7H,17H2,1H3. The third kappa shape index (κ3) is 2.28. The van der Waals surface area contributed by atoms with Crippen molar-refractivity contribution in [3.8, 4) is 11.4 Å². The van der Waals surface area contributed by atoms with Crippen LogP contribution in [0, 0.1) is 0 Å². The molecule has 2 aromatic carbocycles. The molecule has 0 aliphatic heterocycles. The van der Waals surface area contributed by atoms with Gasteiger partial charge in [0.15, 0.2) is 0 Å². The van der Waals surface area contributed by atoms with Gasteiger partial charge in [-0.05, 0) is 36.4 Å². The number of rotatable bonds is 1. The van der Waals surface area contributed by atoms with Crippen LogP contribution in [0.5, 0.6) is 0 Å². The molecule has 0 saturated heterocycles. The van der Waals surface area contributed by atoms with Crippen LogP contribution in [0.1, 0.15) is 0 Å². The van der Waals surface area contributed by atoms with Crippen molar-refractivity contribution in [1.29, 1.82) is 0 Å². The summed E-state index contributed by atoms with van der Waals surface area (Å²) < 4.78 is 4.05. The second-order valence-electron chi connectivity index (χ2n) is 4.40. The normalized spacial score (nSPS) is 11.1. The SMILES string of the molecule is Cn1c(-c2cc(N)cc(Br)c2)nc2cc(Br)ccc21. The molecule has 0 fully saturated rings. The van der Waals surface area contributed by atoms with Gasteiger partial charge < -0.3 is 10.3 Å². The fraction of sp³-hybridized carbons (Fsp3) is 0.0714. The predicted octanol–water partition coefficient (Wildman–Crippen LogP) is 4.35. The molecule has 0 radical (unpaired) electrons. The molecule has 0 spiro atoms. The number of fused-ring (bicyclic) bond motifs is 1. The van der Waals surface area contributed by atoms with E-state index in [1.54, 1.807) is 0 Å². The van der Waals surface area contributed by atoms with E-state index < -0.39 is 0 Å². The molecule has 1 aromatic heterocycles. The molecule has 0 aliphatic carbocycles. The van der Waals surface area contributed by atoms with E-state index in [-0.39, 0.29) is 0 Å². The summed E-state index contributed by atoms with van der Waals surface area (Å²) in [5, 5.41) is 0. The first-order chi connectivity index (χ1) is 9.04. The minimum absolute atomic E-state index is 0.720. The van der Waals surface area contributed by atoms with E-state index >= 15 is 0 Å². The van der Waals surface area contributed by atoms with Crippen LogP contribution in [0.25, 0.3) is 22.4 Å². The fourth-order valence-electron chi connectivity index (χ4n) is 2.17. The van der Waals surface area contributed by atoms with Gasteiger partial charge in [-0.2, -0.15) is 0 Å². The highest BCUT2D eigenvalue weighted by atomic mass is 79.9. The van der Waals surface area contributed by atoms with Crippen LogP contribution < -0.4 is 5.73 Å². The third-order valence-electron chi connectivity index (χ3n) is 3.02. The molecule has 2 N–H and O–H groups in total. The number of hydrogen-bond donors (Lipinski definition) is 1. The second kappa shape index (κ2) is 4.65. The Morgan fingerprint density at radius 2 is 1.84 bits per heavy atom. The van der Waals surface area contributed by atoms with Crippen LogP contribution in [0.3, 0.4) is 0 Å². The van der Waals surface area contributed by atoms with Crippen LogP contribution in [0.2, 0.25) is 0 Å². The van der Waals surface area contributed by atoms with Crippen LogP contribution in [-0.2, 0) is 7.05 Å². The summed E-state index contributed by atoms with van der Waals surface area (Å²) in [6.07, 6.45) is 0. The number of nitrogens with zero attached hydrogens (tertiary/aromatic N) is 2. The number of hydrogen-bond acceptors (Lipinski definition) is 2. The number of nitrogen functional groups attached to an aromatic ring is 1.